The van der Waals surface area contributed by atoms with Crippen LogP contribution >= 0.6 is 0 Å². The molecule has 2 heterocycles. The van der Waals surface area contributed by atoms with Crippen LogP contribution in [0.3, 0.4) is 0 Å². The topological polar surface area (TPSA) is 73.6 Å². The van der Waals surface area contributed by atoms with Crippen LogP contribution < -0.4 is 10.9 Å². The molecule has 0 saturated carbocycles. The molecule has 21 heavy (non-hydrogen) atoms. The Morgan fingerprint density at radius 3 is 3.14 bits per heavy atom. The Bertz CT molecular complexity index is 658. The standard InChI is InChI=1S/C16H22N4O/c1-11-12(10-18-20-11)4-3-9-17-14-5-2-6-15-13(14)7-8-16(21)19-15/h7-8,10,14,17H,2-6,9H2,1H3,(H,18,20)(H,19,21). The van der Waals surface area contributed by atoms with Gasteiger partial charge in [0.1, 0.15) is 0 Å². The monoisotopic (exact) mass is 286 g/mol. The lowest BCUT2D eigenvalue weighted by molar-refractivity contribution is 0.450. The van der Waals surface area contributed by atoms with Gasteiger partial charge in [0.2, 0.25) is 5.56 Å². The Kier molecular flexibility index (Phi) is 4.20. The van der Waals surface area contributed by atoms with E-state index in [1.807, 2.05) is 12.3 Å². The fourth-order valence-electron chi connectivity index (χ4n) is 3.10. The van der Waals surface area contributed by atoms with E-state index in [9.17, 15) is 4.79 Å². The molecule has 1 aliphatic rings. The highest BCUT2D eigenvalue weighted by atomic mass is 16.1. The minimum absolute atomic E-state index is 0.00447. The third-order valence-corrected chi connectivity index (χ3v) is 4.28. The largest absolute Gasteiger partial charge is 0.326 e. The highest BCUT2D eigenvalue weighted by molar-refractivity contribution is 5.26. The van der Waals surface area contributed by atoms with Gasteiger partial charge in [-0.05, 0) is 56.7 Å². The van der Waals surface area contributed by atoms with Crippen molar-refractivity contribution in [2.24, 2.45) is 0 Å². The lowest BCUT2D eigenvalue weighted by Gasteiger charge is -2.26. The van der Waals surface area contributed by atoms with Gasteiger partial charge in [0.25, 0.3) is 0 Å². The molecule has 3 rings (SSSR count). The third-order valence-electron chi connectivity index (χ3n) is 4.28. The number of aromatic amines is 2. The second-order valence-corrected chi connectivity index (χ2v) is 5.78. The van der Waals surface area contributed by atoms with Crippen molar-refractivity contribution in [1.82, 2.24) is 20.5 Å². The molecule has 3 N–H and O–H groups in total. The summed E-state index contributed by atoms with van der Waals surface area (Å²) in [6, 6.07) is 3.98. The van der Waals surface area contributed by atoms with E-state index in [1.54, 1.807) is 6.07 Å². The van der Waals surface area contributed by atoms with Crippen LogP contribution in [-0.2, 0) is 12.8 Å². The Labute approximate surface area is 124 Å². The van der Waals surface area contributed by atoms with E-state index in [0.717, 1.165) is 50.0 Å². The summed E-state index contributed by atoms with van der Waals surface area (Å²) >= 11 is 0. The molecule has 2 aromatic rings. The smallest absolute Gasteiger partial charge is 0.248 e. The molecule has 1 atom stereocenters. The van der Waals surface area contributed by atoms with Crippen molar-refractivity contribution >= 4 is 0 Å². The van der Waals surface area contributed by atoms with Gasteiger partial charge < -0.3 is 10.3 Å². The number of nitrogens with zero attached hydrogens (tertiary/aromatic N) is 1. The highest BCUT2D eigenvalue weighted by Gasteiger charge is 2.19. The number of pyridine rings is 1. The summed E-state index contributed by atoms with van der Waals surface area (Å²) in [5.41, 5.74) is 4.84. The molecule has 0 fully saturated rings. The normalized spacial score (nSPS) is 17.7. The maximum absolute atomic E-state index is 11.4. The number of rotatable bonds is 5. The summed E-state index contributed by atoms with van der Waals surface area (Å²) in [4.78, 5) is 14.4. The van der Waals surface area contributed by atoms with E-state index >= 15 is 0 Å². The van der Waals surface area contributed by atoms with Crippen LogP contribution in [0.25, 0.3) is 0 Å². The highest BCUT2D eigenvalue weighted by Crippen LogP contribution is 2.27. The van der Waals surface area contributed by atoms with Crippen molar-refractivity contribution in [3.8, 4) is 0 Å². The summed E-state index contributed by atoms with van der Waals surface area (Å²) in [5, 5.41) is 10.6. The van der Waals surface area contributed by atoms with Gasteiger partial charge in [-0.25, -0.2) is 0 Å². The number of aryl methyl sites for hydroxylation is 3. The predicted molar refractivity (Wildman–Crippen MR) is 82.4 cm³/mol. The Morgan fingerprint density at radius 2 is 2.33 bits per heavy atom. The van der Waals surface area contributed by atoms with E-state index < -0.39 is 0 Å². The maximum Gasteiger partial charge on any atom is 0.248 e. The molecule has 5 heteroatoms. The molecule has 0 saturated heterocycles. The average Bonchev–Trinajstić information content (AvgIpc) is 2.88. The molecule has 0 spiro atoms. The van der Waals surface area contributed by atoms with Crippen LogP contribution in [-0.4, -0.2) is 21.7 Å². The van der Waals surface area contributed by atoms with Crippen LogP contribution in [0, 0.1) is 6.92 Å². The number of hydrogen-bond donors (Lipinski definition) is 3. The quantitative estimate of drug-likeness (QED) is 0.736. The van der Waals surface area contributed by atoms with Gasteiger partial charge in [-0.3, -0.25) is 9.89 Å². The zero-order valence-electron chi connectivity index (χ0n) is 12.4. The first kappa shape index (κ1) is 14.1. The number of H-pyrrole nitrogens is 2. The maximum atomic E-state index is 11.4. The minimum Gasteiger partial charge on any atom is -0.326 e. The molecule has 0 amide bonds. The zero-order chi connectivity index (χ0) is 14.7. The van der Waals surface area contributed by atoms with Crippen LogP contribution in [0.1, 0.15) is 47.8 Å². The average molecular weight is 286 g/mol. The van der Waals surface area contributed by atoms with Gasteiger partial charge in [0.05, 0.1) is 6.20 Å². The number of fused-ring (bicyclic) bond motifs is 1. The second-order valence-electron chi connectivity index (χ2n) is 5.78. The van der Waals surface area contributed by atoms with Gasteiger partial charge in [-0.2, -0.15) is 5.10 Å². The molecule has 0 bridgehead atoms. The first-order valence-corrected chi connectivity index (χ1v) is 7.68. The van der Waals surface area contributed by atoms with Crippen LogP contribution in [0.2, 0.25) is 0 Å². The number of hydrogen-bond acceptors (Lipinski definition) is 3. The van der Waals surface area contributed by atoms with E-state index in [2.05, 4.69) is 27.4 Å². The molecular formula is C16H22N4O. The van der Waals surface area contributed by atoms with Crippen molar-refractivity contribution in [3.63, 3.8) is 0 Å². The van der Waals surface area contributed by atoms with E-state index in [1.165, 1.54) is 11.1 Å². The molecule has 112 valence electrons. The summed E-state index contributed by atoms with van der Waals surface area (Å²) in [5.74, 6) is 0. The summed E-state index contributed by atoms with van der Waals surface area (Å²) in [7, 11) is 0. The van der Waals surface area contributed by atoms with Gasteiger partial charge >= 0.3 is 0 Å². The molecule has 5 nitrogen and oxygen atoms in total. The van der Waals surface area contributed by atoms with Crippen molar-refractivity contribution < 1.29 is 0 Å². The van der Waals surface area contributed by atoms with Crippen molar-refractivity contribution in [2.75, 3.05) is 6.54 Å². The summed E-state index contributed by atoms with van der Waals surface area (Å²) in [6.07, 6.45) is 7.30. The number of nitrogens with one attached hydrogen (secondary N) is 3. The molecular weight excluding hydrogens is 264 g/mol. The second kappa shape index (κ2) is 6.26. The van der Waals surface area contributed by atoms with Gasteiger partial charge in [0, 0.05) is 23.5 Å². The minimum atomic E-state index is 0.00447. The van der Waals surface area contributed by atoms with Crippen LogP contribution in [0.15, 0.2) is 23.1 Å². The third kappa shape index (κ3) is 3.24. The lowest BCUT2D eigenvalue weighted by Crippen LogP contribution is -2.28. The summed E-state index contributed by atoms with van der Waals surface area (Å²) < 4.78 is 0. The van der Waals surface area contributed by atoms with Crippen LogP contribution in [0.4, 0.5) is 0 Å². The van der Waals surface area contributed by atoms with Gasteiger partial charge in [-0.15, -0.1) is 0 Å². The first-order chi connectivity index (χ1) is 10.2. The van der Waals surface area contributed by atoms with Gasteiger partial charge in [-0.1, -0.05) is 6.07 Å². The predicted octanol–water partition coefficient (Wildman–Crippen LogP) is 2.01. The molecule has 1 aliphatic carbocycles. The van der Waals surface area contributed by atoms with Gasteiger partial charge in [0.15, 0.2) is 0 Å². The van der Waals surface area contributed by atoms with E-state index in [-0.39, 0.29) is 5.56 Å². The SMILES string of the molecule is Cc1[nH]ncc1CCCNC1CCCc2[nH]c(=O)ccc21. The van der Waals surface area contributed by atoms with E-state index in [4.69, 9.17) is 0 Å². The zero-order valence-corrected chi connectivity index (χ0v) is 12.4. The fraction of sp³-hybridized carbons (Fsp3) is 0.500. The Balaban J connectivity index is 1.55. The lowest BCUT2D eigenvalue weighted by atomic mass is 9.91. The summed E-state index contributed by atoms with van der Waals surface area (Å²) in [6.45, 7) is 3.04. The molecule has 0 radical (unpaired) electrons. The Hall–Kier alpha value is -1.88. The molecule has 0 aromatic carbocycles. The van der Waals surface area contributed by atoms with Crippen LogP contribution in [0.5, 0.6) is 0 Å². The molecule has 1 unspecified atom stereocenters. The fourth-order valence-corrected chi connectivity index (χ4v) is 3.10. The van der Waals surface area contributed by atoms with E-state index in [0.29, 0.717) is 6.04 Å². The number of aromatic nitrogens is 3. The first-order valence-electron chi connectivity index (χ1n) is 7.68. The molecule has 2 aromatic heterocycles. The van der Waals surface area contributed by atoms with Crippen molar-refractivity contribution in [1.29, 1.82) is 0 Å². The van der Waals surface area contributed by atoms with Crippen molar-refractivity contribution in [2.45, 2.75) is 45.1 Å². The van der Waals surface area contributed by atoms with Crippen molar-refractivity contribution in [3.05, 3.63) is 51.2 Å². The molecule has 0 aliphatic heterocycles. The Morgan fingerprint density at radius 1 is 1.43 bits per heavy atom.